The lowest BCUT2D eigenvalue weighted by molar-refractivity contribution is -0.990. The molecule has 2 N–H and O–H groups in total. The van der Waals surface area contributed by atoms with Gasteiger partial charge in [0.15, 0.2) is 5.69 Å². The largest absolute Gasteiger partial charge is 0.595 e. The highest BCUT2D eigenvalue weighted by atomic mass is 79.9. The van der Waals surface area contributed by atoms with Gasteiger partial charge < -0.3 is 5.21 Å². The minimum Gasteiger partial charge on any atom is -0.595 e. The number of benzene rings is 3. The predicted octanol–water partition coefficient (Wildman–Crippen LogP) is 3.76. The second-order valence-corrected chi connectivity index (χ2v) is 5.62. The molecule has 0 fully saturated rings. The van der Waals surface area contributed by atoms with E-state index in [1.807, 2.05) is 48.5 Å². The normalized spacial score (nSPS) is 12.9. The summed E-state index contributed by atoms with van der Waals surface area (Å²) in [5.74, 6) is 0. The summed E-state index contributed by atoms with van der Waals surface area (Å²) in [4.78, 5) is 4.42. The number of halogens is 1. The number of nitrogens with zero attached hydrogens (tertiary/aromatic N) is 1. The summed E-state index contributed by atoms with van der Waals surface area (Å²) in [7, 11) is 0. The van der Waals surface area contributed by atoms with Crippen molar-refractivity contribution in [2.24, 2.45) is 4.99 Å². The monoisotopic (exact) mass is 356 g/mol. The maximum absolute atomic E-state index is 11.5. The van der Waals surface area contributed by atoms with E-state index in [1.165, 1.54) is 0 Å². The molecule has 0 aliphatic rings. The topological polar surface area (TPSA) is 60.1 Å². The average Bonchev–Trinajstić information content (AvgIpc) is 2.54. The second kappa shape index (κ2) is 6.37. The summed E-state index contributed by atoms with van der Waals surface area (Å²) in [6.07, 6.45) is 1.70. The molecular formula is C17H13BrN2O2. The van der Waals surface area contributed by atoms with Gasteiger partial charge in [-0.15, -0.1) is 0 Å². The molecule has 0 spiro atoms. The minimum atomic E-state index is -0.946. The lowest BCUT2D eigenvalue weighted by atomic mass is 10.0. The quantitative estimate of drug-likeness (QED) is 0.554. The van der Waals surface area contributed by atoms with Gasteiger partial charge in [0.25, 0.3) is 0 Å². The highest BCUT2D eigenvalue weighted by Crippen LogP contribution is 2.30. The number of hydrogen-bond donors (Lipinski definition) is 2. The van der Waals surface area contributed by atoms with Gasteiger partial charge in [-0.05, 0) is 18.2 Å². The zero-order valence-electron chi connectivity index (χ0n) is 11.5. The molecule has 3 aromatic rings. The molecule has 5 heteroatoms. The smallest absolute Gasteiger partial charge is 0.172 e. The standard InChI is InChI=1S/C17H13BrN2O2/c18-15-9-10-16(20(21)22)17-12(5-4-8-14(15)17)11-19-13-6-2-1-3-7-13/h1-11,20-21H. The Kier molecular flexibility index (Phi) is 4.31. The highest BCUT2D eigenvalue weighted by molar-refractivity contribution is 9.10. The Hall–Kier alpha value is -2.05. The van der Waals surface area contributed by atoms with Crippen LogP contribution in [0.5, 0.6) is 0 Å². The van der Waals surface area contributed by atoms with Crippen LogP contribution in [-0.4, -0.2) is 11.4 Å². The Morgan fingerprint density at radius 3 is 2.50 bits per heavy atom. The molecule has 0 bridgehead atoms. The van der Waals surface area contributed by atoms with E-state index in [0.29, 0.717) is 5.39 Å². The first-order valence-corrected chi connectivity index (χ1v) is 7.50. The van der Waals surface area contributed by atoms with Crippen molar-refractivity contribution in [2.75, 3.05) is 0 Å². The molecule has 0 aliphatic carbocycles. The summed E-state index contributed by atoms with van der Waals surface area (Å²) in [6.45, 7) is 0. The maximum Gasteiger partial charge on any atom is 0.172 e. The molecule has 0 aromatic heterocycles. The Balaban J connectivity index is 2.17. The van der Waals surface area contributed by atoms with E-state index in [1.54, 1.807) is 18.3 Å². The predicted molar refractivity (Wildman–Crippen MR) is 91.1 cm³/mol. The van der Waals surface area contributed by atoms with Gasteiger partial charge in [0.05, 0.1) is 11.1 Å². The lowest BCUT2D eigenvalue weighted by Crippen LogP contribution is -2.99. The van der Waals surface area contributed by atoms with Gasteiger partial charge in [-0.2, -0.15) is 5.23 Å². The van der Waals surface area contributed by atoms with Crippen LogP contribution < -0.4 is 5.23 Å². The molecule has 0 aliphatic heterocycles. The van der Waals surface area contributed by atoms with Crippen molar-refractivity contribution in [1.29, 1.82) is 0 Å². The van der Waals surface area contributed by atoms with Crippen molar-refractivity contribution in [3.05, 3.63) is 75.9 Å². The number of aliphatic imine (C=N–C) groups is 1. The van der Waals surface area contributed by atoms with Crippen LogP contribution in [-0.2, 0) is 0 Å². The molecule has 1 atom stereocenters. The Morgan fingerprint density at radius 2 is 1.77 bits per heavy atom. The van der Waals surface area contributed by atoms with Crippen LogP contribution in [0.2, 0.25) is 0 Å². The highest BCUT2D eigenvalue weighted by Gasteiger charge is 2.12. The van der Waals surface area contributed by atoms with Crippen molar-refractivity contribution in [3.63, 3.8) is 0 Å². The fourth-order valence-electron chi connectivity index (χ4n) is 2.34. The number of nitrogens with one attached hydrogen (secondary N) is 1. The van der Waals surface area contributed by atoms with Crippen molar-refractivity contribution < 1.29 is 10.4 Å². The van der Waals surface area contributed by atoms with E-state index in [0.717, 1.165) is 21.1 Å². The number of fused-ring (bicyclic) bond motifs is 1. The van der Waals surface area contributed by atoms with Crippen LogP contribution in [0.25, 0.3) is 10.8 Å². The molecule has 3 aromatic carbocycles. The molecule has 0 heterocycles. The number of rotatable bonds is 3. The molecule has 0 saturated carbocycles. The van der Waals surface area contributed by atoms with Crippen LogP contribution in [0.15, 0.2) is 70.1 Å². The fourth-order valence-corrected chi connectivity index (χ4v) is 2.81. The van der Waals surface area contributed by atoms with Crippen molar-refractivity contribution in [1.82, 2.24) is 0 Å². The minimum absolute atomic E-state index is 0.272. The fraction of sp³-hybridized carbons (Fsp3) is 0. The van der Waals surface area contributed by atoms with E-state index in [9.17, 15) is 10.4 Å². The molecule has 4 nitrogen and oxygen atoms in total. The summed E-state index contributed by atoms with van der Waals surface area (Å²) >= 11 is 3.47. The van der Waals surface area contributed by atoms with Gasteiger partial charge >= 0.3 is 0 Å². The van der Waals surface area contributed by atoms with Gasteiger partial charge in [0.1, 0.15) is 0 Å². The molecule has 1 unspecified atom stereocenters. The third kappa shape index (κ3) is 2.93. The van der Waals surface area contributed by atoms with Gasteiger partial charge in [-0.1, -0.05) is 52.3 Å². The summed E-state index contributed by atoms with van der Waals surface area (Å²) < 4.78 is 0.863. The number of para-hydroxylation sites is 1. The van der Waals surface area contributed by atoms with Crippen LogP contribution in [0, 0.1) is 5.21 Å². The first kappa shape index (κ1) is 14.9. The summed E-state index contributed by atoms with van der Waals surface area (Å²) in [6, 6.07) is 18.6. The SMILES string of the molecule is [O-][NH+](O)c1ccc(Br)c2cccc(C=Nc3ccccc3)c12. The molecule has 0 saturated heterocycles. The van der Waals surface area contributed by atoms with Gasteiger partial charge in [-0.3, -0.25) is 4.99 Å². The zero-order valence-corrected chi connectivity index (χ0v) is 13.1. The van der Waals surface area contributed by atoms with E-state index in [4.69, 9.17) is 0 Å². The van der Waals surface area contributed by atoms with Crippen molar-refractivity contribution in [2.45, 2.75) is 0 Å². The van der Waals surface area contributed by atoms with E-state index >= 15 is 0 Å². The van der Waals surface area contributed by atoms with E-state index < -0.39 is 5.23 Å². The number of quaternary nitrogens is 1. The van der Waals surface area contributed by atoms with Gasteiger partial charge in [0.2, 0.25) is 0 Å². The Bertz CT molecular complexity index is 833. The number of hydrogen-bond acceptors (Lipinski definition) is 3. The Labute approximate surface area is 136 Å². The van der Waals surface area contributed by atoms with Crippen LogP contribution in [0.4, 0.5) is 11.4 Å². The molecule has 3 rings (SSSR count). The third-order valence-electron chi connectivity index (χ3n) is 3.36. The van der Waals surface area contributed by atoms with Gasteiger partial charge in [0, 0.05) is 27.7 Å². The van der Waals surface area contributed by atoms with Crippen LogP contribution in [0.3, 0.4) is 0 Å². The molecule has 0 amide bonds. The first-order chi connectivity index (χ1) is 10.7. The van der Waals surface area contributed by atoms with Crippen LogP contribution in [0.1, 0.15) is 5.56 Å². The summed E-state index contributed by atoms with van der Waals surface area (Å²) in [5, 5.41) is 21.5. The lowest BCUT2D eigenvalue weighted by Gasteiger charge is -2.16. The molecule has 110 valence electrons. The first-order valence-electron chi connectivity index (χ1n) is 6.70. The summed E-state index contributed by atoms with van der Waals surface area (Å²) in [5.41, 5.74) is 1.87. The van der Waals surface area contributed by atoms with E-state index in [2.05, 4.69) is 20.9 Å². The van der Waals surface area contributed by atoms with Gasteiger partial charge in [-0.25, -0.2) is 5.21 Å². The molecule has 22 heavy (non-hydrogen) atoms. The maximum atomic E-state index is 11.5. The third-order valence-corrected chi connectivity index (χ3v) is 4.05. The average molecular weight is 357 g/mol. The van der Waals surface area contributed by atoms with Crippen molar-refractivity contribution in [3.8, 4) is 0 Å². The van der Waals surface area contributed by atoms with Crippen LogP contribution >= 0.6 is 15.9 Å². The second-order valence-electron chi connectivity index (χ2n) is 4.76. The van der Waals surface area contributed by atoms with Crippen molar-refractivity contribution >= 4 is 44.3 Å². The van der Waals surface area contributed by atoms with E-state index in [-0.39, 0.29) is 5.69 Å². The zero-order chi connectivity index (χ0) is 15.5. The molecular weight excluding hydrogens is 344 g/mol. The Morgan fingerprint density at radius 1 is 1.00 bits per heavy atom. The molecule has 0 radical (unpaired) electrons.